The molecule has 1 atom stereocenters. The van der Waals surface area contributed by atoms with Crippen molar-refractivity contribution in [3.63, 3.8) is 0 Å². The summed E-state index contributed by atoms with van der Waals surface area (Å²) in [7, 11) is -3.55. The highest BCUT2D eigenvalue weighted by molar-refractivity contribution is 7.89. The van der Waals surface area contributed by atoms with Crippen molar-refractivity contribution in [1.82, 2.24) is 4.31 Å². The molecule has 0 bridgehead atoms. The SMILES string of the molecule is CC[C@@H](C)c1ccc(NC(=S)Nc2cccc(S(=O)(=O)N3CCOCC3)c2)cc1. The Labute approximate surface area is 178 Å². The largest absolute Gasteiger partial charge is 0.379 e. The molecule has 0 spiro atoms. The van der Waals surface area contributed by atoms with Crippen LogP contribution in [0.1, 0.15) is 31.7 Å². The van der Waals surface area contributed by atoms with Gasteiger partial charge in [0.25, 0.3) is 0 Å². The lowest BCUT2D eigenvalue weighted by Gasteiger charge is -2.26. The smallest absolute Gasteiger partial charge is 0.243 e. The third-order valence-electron chi connectivity index (χ3n) is 5.05. The van der Waals surface area contributed by atoms with E-state index in [1.807, 2.05) is 12.1 Å². The van der Waals surface area contributed by atoms with Crippen LogP contribution in [-0.4, -0.2) is 44.1 Å². The lowest BCUT2D eigenvalue weighted by molar-refractivity contribution is 0.0730. The van der Waals surface area contributed by atoms with Gasteiger partial charge >= 0.3 is 0 Å². The second-order valence-corrected chi connectivity index (χ2v) is 9.40. The predicted octanol–water partition coefficient (Wildman–Crippen LogP) is 4.03. The zero-order chi connectivity index (χ0) is 20.9. The van der Waals surface area contributed by atoms with Crippen molar-refractivity contribution in [2.24, 2.45) is 0 Å². The Bertz CT molecular complexity index is 940. The summed E-state index contributed by atoms with van der Waals surface area (Å²) in [4.78, 5) is 0.241. The fourth-order valence-corrected chi connectivity index (χ4v) is 4.78. The number of rotatable bonds is 6. The monoisotopic (exact) mass is 433 g/mol. The van der Waals surface area contributed by atoms with Gasteiger partial charge in [-0.3, -0.25) is 0 Å². The van der Waals surface area contributed by atoms with Crippen LogP contribution in [0.5, 0.6) is 0 Å². The van der Waals surface area contributed by atoms with Gasteiger partial charge in [-0.15, -0.1) is 0 Å². The van der Waals surface area contributed by atoms with E-state index in [2.05, 4.69) is 36.6 Å². The number of nitrogens with zero attached hydrogens (tertiary/aromatic N) is 1. The van der Waals surface area contributed by atoms with Crippen molar-refractivity contribution in [2.45, 2.75) is 31.1 Å². The molecule has 29 heavy (non-hydrogen) atoms. The molecule has 8 heteroatoms. The Morgan fingerprint density at radius 3 is 2.41 bits per heavy atom. The summed E-state index contributed by atoms with van der Waals surface area (Å²) in [6.45, 7) is 5.94. The van der Waals surface area contributed by atoms with E-state index in [1.54, 1.807) is 24.3 Å². The number of thiocarbonyl (C=S) groups is 1. The van der Waals surface area contributed by atoms with Crippen molar-refractivity contribution in [3.05, 3.63) is 54.1 Å². The van der Waals surface area contributed by atoms with Crippen LogP contribution in [0.25, 0.3) is 0 Å². The number of sulfonamides is 1. The lowest BCUT2D eigenvalue weighted by Crippen LogP contribution is -2.40. The van der Waals surface area contributed by atoms with Crippen molar-refractivity contribution < 1.29 is 13.2 Å². The first-order valence-electron chi connectivity index (χ1n) is 9.76. The lowest BCUT2D eigenvalue weighted by atomic mass is 9.99. The van der Waals surface area contributed by atoms with Gasteiger partial charge in [0, 0.05) is 24.5 Å². The van der Waals surface area contributed by atoms with E-state index in [-0.39, 0.29) is 4.90 Å². The average molecular weight is 434 g/mol. The minimum Gasteiger partial charge on any atom is -0.379 e. The van der Waals surface area contributed by atoms with Crippen LogP contribution in [-0.2, 0) is 14.8 Å². The molecule has 2 aromatic carbocycles. The zero-order valence-electron chi connectivity index (χ0n) is 16.7. The van der Waals surface area contributed by atoms with E-state index < -0.39 is 10.0 Å². The molecule has 0 unspecified atom stereocenters. The van der Waals surface area contributed by atoms with Gasteiger partial charge in [-0.05, 0) is 60.5 Å². The van der Waals surface area contributed by atoms with Gasteiger partial charge in [0.2, 0.25) is 10.0 Å². The Hall–Kier alpha value is -2.00. The normalized spacial score (nSPS) is 16.2. The molecule has 0 amide bonds. The van der Waals surface area contributed by atoms with Gasteiger partial charge in [0.05, 0.1) is 18.1 Å². The number of nitrogens with one attached hydrogen (secondary N) is 2. The maximum atomic E-state index is 12.8. The molecule has 2 N–H and O–H groups in total. The van der Waals surface area contributed by atoms with Crippen molar-refractivity contribution >= 4 is 38.7 Å². The summed E-state index contributed by atoms with van der Waals surface area (Å²) in [5.74, 6) is 0.519. The Balaban J connectivity index is 1.66. The molecule has 0 aliphatic carbocycles. The first kappa shape index (κ1) is 21.7. The quantitative estimate of drug-likeness (QED) is 0.671. The van der Waals surface area contributed by atoms with E-state index >= 15 is 0 Å². The Morgan fingerprint density at radius 1 is 1.10 bits per heavy atom. The highest BCUT2D eigenvalue weighted by Crippen LogP contribution is 2.22. The molecule has 3 rings (SSSR count). The van der Waals surface area contributed by atoms with E-state index in [0.717, 1.165) is 12.1 Å². The summed E-state index contributed by atoms with van der Waals surface area (Å²) in [6.07, 6.45) is 1.09. The van der Waals surface area contributed by atoms with Crippen molar-refractivity contribution in [2.75, 3.05) is 36.9 Å². The highest BCUT2D eigenvalue weighted by atomic mass is 32.2. The standard InChI is InChI=1S/C21H27N3O3S2/c1-3-16(2)17-7-9-18(10-8-17)22-21(28)23-19-5-4-6-20(15-19)29(25,26)24-11-13-27-14-12-24/h4-10,15-16H,3,11-14H2,1-2H3,(H2,22,23,28)/t16-/m1/s1. The van der Waals surface area contributed by atoms with E-state index in [0.29, 0.717) is 43.0 Å². The number of morpholine rings is 1. The van der Waals surface area contributed by atoms with Gasteiger partial charge in [-0.25, -0.2) is 8.42 Å². The topological polar surface area (TPSA) is 70.7 Å². The zero-order valence-corrected chi connectivity index (χ0v) is 18.4. The third-order valence-corrected chi connectivity index (χ3v) is 7.15. The van der Waals surface area contributed by atoms with Crippen LogP contribution in [0.3, 0.4) is 0 Å². The highest BCUT2D eigenvalue weighted by Gasteiger charge is 2.26. The number of hydrogen-bond acceptors (Lipinski definition) is 4. The summed E-state index contributed by atoms with van der Waals surface area (Å²) in [5, 5.41) is 6.61. The third kappa shape index (κ3) is 5.54. The fourth-order valence-electron chi connectivity index (χ4n) is 3.09. The number of hydrogen-bond donors (Lipinski definition) is 2. The molecule has 0 aromatic heterocycles. The molecular formula is C21H27N3O3S2. The molecule has 1 aliphatic rings. The molecule has 6 nitrogen and oxygen atoms in total. The first-order chi connectivity index (χ1) is 13.9. The summed E-state index contributed by atoms with van der Waals surface area (Å²) in [5.41, 5.74) is 2.79. The van der Waals surface area contributed by atoms with E-state index in [9.17, 15) is 8.42 Å². The van der Waals surface area contributed by atoms with Crippen molar-refractivity contribution in [3.8, 4) is 0 Å². The van der Waals surface area contributed by atoms with Crippen LogP contribution < -0.4 is 10.6 Å². The molecule has 0 saturated carbocycles. The summed E-state index contributed by atoms with van der Waals surface area (Å²) >= 11 is 5.39. The molecular weight excluding hydrogens is 406 g/mol. The van der Waals surface area contributed by atoms with Crippen LogP contribution in [0.2, 0.25) is 0 Å². The Kier molecular flexibility index (Phi) is 7.23. The van der Waals surface area contributed by atoms with Gasteiger partial charge in [-0.2, -0.15) is 4.31 Å². The van der Waals surface area contributed by atoms with E-state index in [1.165, 1.54) is 9.87 Å². The molecule has 0 radical (unpaired) electrons. The fraction of sp³-hybridized carbons (Fsp3) is 0.381. The minimum absolute atomic E-state index is 0.241. The van der Waals surface area contributed by atoms with Crippen LogP contribution in [0.4, 0.5) is 11.4 Å². The predicted molar refractivity (Wildman–Crippen MR) is 121 cm³/mol. The molecule has 1 heterocycles. The van der Waals surface area contributed by atoms with Crippen LogP contribution >= 0.6 is 12.2 Å². The van der Waals surface area contributed by atoms with Gasteiger partial charge in [0.15, 0.2) is 5.11 Å². The molecule has 1 fully saturated rings. The second-order valence-electron chi connectivity index (χ2n) is 7.05. The van der Waals surface area contributed by atoms with Crippen LogP contribution in [0, 0.1) is 0 Å². The maximum Gasteiger partial charge on any atom is 0.243 e. The average Bonchev–Trinajstić information content (AvgIpc) is 2.74. The Morgan fingerprint density at radius 2 is 1.76 bits per heavy atom. The first-order valence-corrected chi connectivity index (χ1v) is 11.6. The molecule has 2 aromatic rings. The number of ether oxygens (including phenoxy) is 1. The second kappa shape index (κ2) is 9.67. The van der Waals surface area contributed by atoms with Crippen molar-refractivity contribution in [1.29, 1.82) is 0 Å². The van der Waals surface area contributed by atoms with Gasteiger partial charge < -0.3 is 15.4 Å². The van der Waals surface area contributed by atoms with Gasteiger partial charge in [0.1, 0.15) is 0 Å². The minimum atomic E-state index is -3.55. The number of benzene rings is 2. The number of anilines is 2. The molecule has 1 aliphatic heterocycles. The van der Waals surface area contributed by atoms with Gasteiger partial charge in [-0.1, -0.05) is 32.0 Å². The summed E-state index contributed by atoms with van der Waals surface area (Å²) < 4.78 is 32.3. The molecule has 156 valence electrons. The summed E-state index contributed by atoms with van der Waals surface area (Å²) in [6, 6.07) is 14.9. The maximum absolute atomic E-state index is 12.8. The van der Waals surface area contributed by atoms with Crippen LogP contribution in [0.15, 0.2) is 53.4 Å². The molecule has 1 saturated heterocycles. The van der Waals surface area contributed by atoms with E-state index in [4.69, 9.17) is 17.0 Å².